The number of hydrogen-bond donors (Lipinski definition) is 0. The molecule has 0 unspecified atom stereocenters. The number of para-hydroxylation sites is 2. The molecule has 14 rings (SSSR count). The van der Waals surface area contributed by atoms with Gasteiger partial charge in [-0.3, -0.25) is 0 Å². The summed E-state index contributed by atoms with van der Waals surface area (Å²) in [6.07, 6.45) is 7.01. The minimum absolute atomic E-state index is 0.0978. The molecule has 4 fully saturated rings. The summed E-state index contributed by atoms with van der Waals surface area (Å²) in [7, 11) is 0. The molecule has 1 nitrogen and oxygen atoms in total. The first-order valence-corrected chi connectivity index (χ1v) is 19.8. The molecule has 1 spiro atoms. The Bertz CT molecular complexity index is 2940. The van der Waals surface area contributed by atoms with Crippen LogP contribution >= 0.6 is 0 Å². The van der Waals surface area contributed by atoms with Crippen molar-refractivity contribution in [1.82, 2.24) is 0 Å². The van der Waals surface area contributed by atoms with E-state index in [1.807, 2.05) is 0 Å². The Morgan fingerprint density at radius 2 is 0.981 bits per heavy atom. The van der Waals surface area contributed by atoms with Crippen molar-refractivity contribution in [3.63, 3.8) is 0 Å². The quantitative estimate of drug-likeness (QED) is 0.166. The van der Waals surface area contributed by atoms with Crippen LogP contribution in [0.2, 0.25) is 0 Å². The highest BCUT2D eigenvalue weighted by atomic mass is 16.3. The molecule has 0 aliphatic heterocycles. The number of hydrogen-bond acceptors (Lipinski definition) is 1. The van der Waals surface area contributed by atoms with Gasteiger partial charge in [-0.15, -0.1) is 0 Å². The van der Waals surface area contributed by atoms with E-state index in [2.05, 4.69) is 146 Å². The molecule has 0 radical (unpaired) electrons. The third-order valence-electron chi connectivity index (χ3n) is 14.4. The summed E-state index contributed by atoms with van der Waals surface area (Å²) in [4.78, 5) is 0. The third-order valence-corrected chi connectivity index (χ3v) is 14.4. The Kier molecular flexibility index (Phi) is 5.59. The molecule has 1 aromatic heterocycles. The summed E-state index contributed by atoms with van der Waals surface area (Å²) in [6, 6.07) is 55.1. The van der Waals surface area contributed by atoms with E-state index in [-0.39, 0.29) is 5.41 Å². The lowest BCUT2D eigenvalue weighted by atomic mass is 9.43. The van der Waals surface area contributed by atoms with Crippen LogP contribution in [0.3, 0.4) is 0 Å². The molecule has 1 heteroatoms. The number of furan rings is 1. The highest BCUT2D eigenvalue weighted by Gasteiger charge is 2.61. The van der Waals surface area contributed by atoms with Gasteiger partial charge in [0, 0.05) is 27.3 Å². The zero-order valence-electron chi connectivity index (χ0n) is 29.6. The molecular weight excluding hydrogens is 641 g/mol. The Balaban J connectivity index is 1.10. The summed E-state index contributed by atoms with van der Waals surface area (Å²) >= 11 is 0. The van der Waals surface area contributed by atoms with Crippen molar-refractivity contribution in [3.8, 4) is 33.4 Å². The van der Waals surface area contributed by atoms with Gasteiger partial charge < -0.3 is 4.42 Å². The summed E-state index contributed by atoms with van der Waals surface area (Å²) in [5.74, 6) is 3.26. The lowest BCUT2D eigenvalue weighted by molar-refractivity contribution is -0.0398. The molecular formula is C52H38O. The van der Waals surface area contributed by atoms with E-state index >= 15 is 0 Å². The highest BCUT2D eigenvalue weighted by molar-refractivity contribution is 6.24. The van der Waals surface area contributed by atoms with Crippen molar-refractivity contribution in [2.45, 2.75) is 37.5 Å². The Morgan fingerprint density at radius 1 is 0.415 bits per heavy atom. The average molecular weight is 679 g/mol. The standard InChI is InChI=1S/C52H38O/c1-2-11-33-28-47-45(27-32(33)10-1)37-21-20-34(29-46(37)52(47)35-23-30-22-31(25-35)26-36(52)24-30)49-39-13-3-5-15-41(39)50(42-16-6-4-14-40(42)49)44-18-9-17-43-38-12-7-8-19-48(38)53-51(43)44/h1-21,27-31,35-36H,22-26H2. The van der Waals surface area contributed by atoms with Gasteiger partial charge in [0.05, 0.1) is 0 Å². The van der Waals surface area contributed by atoms with Crippen LogP contribution < -0.4 is 0 Å². The van der Waals surface area contributed by atoms with Gasteiger partial charge in [0.2, 0.25) is 0 Å². The molecule has 0 N–H and O–H groups in total. The molecule has 9 aromatic rings. The van der Waals surface area contributed by atoms with Crippen LogP contribution in [-0.4, -0.2) is 0 Å². The van der Waals surface area contributed by atoms with Gasteiger partial charge in [-0.05, 0) is 146 Å². The summed E-state index contributed by atoms with van der Waals surface area (Å²) in [5, 5.41) is 10.2. The van der Waals surface area contributed by atoms with Gasteiger partial charge in [-0.25, -0.2) is 0 Å². The van der Waals surface area contributed by atoms with E-state index in [1.54, 1.807) is 11.1 Å². The third kappa shape index (κ3) is 3.68. The van der Waals surface area contributed by atoms with E-state index in [1.165, 1.54) is 103 Å². The van der Waals surface area contributed by atoms with E-state index < -0.39 is 0 Å². The van der Waals surface area contributed by atoms with Crippen LogP contribution in [0.25, 0.3) is 87.6 Å². The Labute approximate surface area is 308 Å². The fourth-order valence-electron chi connectivity index (χ4n) is 12.7. The molecule has 53 heavy (non-hydrogen) atoms. The normalized spacial score (nSPS) is 23.9. The van der Waals surface area contributed by atoms with Crippen molar-refractivity contribution in [2.24, 2.45) is 23.7 Å². The van der Waals surface area contributed by atoms with Gasteiger partial charge in [-0.1, -0.05) is 121 Å². The van der Waals surface area contributed by atoms with E-state index in [4.69, 9.17) is 4.42 Å². The molecule has 1 heterocycles. The topological polar surface area (TPSA) is 13.1 Å². The molecule has 5 aliphatic carbocycles. The van der Waals surface area contributed by atoms with Gasteiger partial charge >= 0.3 is 0 Å². The lowest BCUT2D eigenvalue weighted by Gasteiger charge is -2.61. The second kappa shape index (κ2) is 10.3. The van der Waals surface area contributed by atoms with Gasteiger partial charge in [-0.2, -0.15) is 0 Å². The monoisotopic (exact) mass is 678 g/mol. The second-order valence-corrected chi connectivity index (χ2v) is 16.8. The molecule has 5 aliphatic rings. The Morgan fingerprint density at radius 3 is 1.68 bits per heavy atom. The first kappa shape index (κ1) is 28.9. The van der Waals surface area contributed by atoms with Gasteiger partial charge in [0.1, 0.15) is 11.2 Å². The largest absolute Gasteiger partial charge is 0.455 e. The maximum absolute atomic E-state index is 6.67. The fourth-order valence-corrected chi connectivity index (χ4v) is 12.7. The summed E-state index contributed by atoms with van der Waals surface area (Å²) < 4.78 is 6.67. The average Bonchev–Trinajstić information content (AvgIpc) is 3.71. The molecule has 0 saturated heterocycles. The predicted molar refractivity (Wildman–Crippen MR) is 220 cm³/mol. The summed E-state index contributed by atoms with van der Waals surface area (Å²) in [5.41, 5.74) is 13.3. The first-order valence-electron chi connectivity index (χ1n) is 19.8. The van der Waals surface area contributed by atoms with Gasteiger partial charge in [0.25, 0.3) is 0 Å². The molecule has 252 valence electrons. The van der Waals surface area contributed by atoms with Crippen LogP contribution in [0.5, 0.6) is 0 Å². The van der Waals surface area contributed by atoms with Crippen molar-refractivity contribution in [3.05, 3.63) is 157 Å². The van der Waals surface area contributed by atoms with Crippen molar-refractivity contribution in [2.75, 3.05) is 0 Å². The minimum atomic E-state index is 0.0978. The highest BCUT2D eigenvalue weighted by Crippen LogP contribution is 2.70. The smallest absolute Gasteiger partial charge is 0.143 e. The van der Waals surface area contributed by atoms with Crippen LogP contribution in [0.1, 0.15) is 43.2 Å². The molecule has 8 aromatic carbocycles. The van der Waals surface area contributed by atoms with Crippen LogP contribution in [0.4, 0.5) is 0 Å². The fraction of sp³-hybridized carbons (Fsp3) is 0.192. The molecule has 4 bridgehead atoms. The van der Waals surface area contributed by atoms with Crippen molar-refractivity contribution >= 4 is 54.3 Å². The first-order chi connectivity index (χ1) is 26.2. The molecule has 0 amide bonds. The maximum atomic E-state index is 6.67. The van der Waals surface area contributed by atoms with E-state index in [0.717, 1.165) is 40.4 Å². The van der Waals surface area contributed by atoms with Gasteiger partial charge in [0.15, 0.2) is 0 Å². The van der Waals surface area contributed by atoms with E-state index in [0.29, 0.717) is 0 Å². The zero-order valence-corrected chi connectivity index (χ0v) is 29.6. The molecule has 4 saturated carbocycles. The number of rotatable bonds is 2. The number of benzene rings is 8. The summed E-state index contributed by atoms with van der Waals surface area (Å²) in [6.45, 7) is 0. The van der Waals surface area contributed by atoms with Crippen LogP contribution in [-0.2, 0) is 5.41 Å². The van der Waals surface area contributed by atoms with Crippen LogP contribution in [0, 0.1) is 23.7 Å². The minimum Gasteiger partial charge on any atom is -0.455 e. The Hall–Kier alpha value is -5.66. The van der Waals surface area contributed by atoms with Crippen molar-refractivity contribution < 1.29 is 4.42 Å². The van der Waals surface area contributed by atoms with Crippen LogP contribution in [0.15, 0.2) is 150 Å². The lowest BCUT2D eigenvalue weighted by Crippen LogP contribution is -2.55. The predicted octanol–water partition coefficient (Wildman–Crippen LogP) is 14.1. The second-order valence-electron chi connectivity index (χ2n) is 16.8. The number of fused-ring (bicyclic) bond motifs is 9. The van der Waals surface area contributed by atoms with E-state index in [9.17, 15) is 0 Å². The SMILES string of the molecule is c1ccc2cc3c(cc2c1)-c1ccc(-c2c4ccccc4c(-c4cccc5c4oc4ccccc45)c4ccccc24)cc1C31C2CC3CC(C2)CC1C3. The zero-order chi connectivity index (χ0) is 34.4. The maximum Gasteiger partial charge on any atom is 0.143 e. The van der Waals surface area contributed by atoms with Crippen molar-refractivity contribution in [1.29, 1.82) is 0 Å². The molecule has 0 atom stereocenters.